The Hall–Kier alpha value is -1.87. The highest BCUT2D eigenvalue weighted by Crippen LogP contribution is 2.22. The molecule has 2 nitrogen and oxygen atoms in total. The van der Waals surface area contributed by atoms with Gasteiger partial charge in [-0.25, -0.2) is 4.39 Å². The van der Waals surface area contributed by atoms with Crippen LogP contribution in [0.1, 0.15) is 24.1 Å². The molecule has 19 heavy (non-hydrogen) atoms. The number of hydrogen-bond donors (Lipinski definition) is 1. The number of nitrogens with two attached hydrogens (primary N) is 1. The second-order valence-electron chi connectivity index (χ2n) is 4.89. The highest BCUT2D eigenvalue weighted by Gasteiger charge is 2.12. The Bertz CT molecular complexity index is 537. The van der Waals surface area contributed by atoms with E-state index in [1.807, 2.05) is 30.3 Å². The Morgan fingerprint density at radius 2 is 1.84 bits per heavy atom. The monoisotopic (exact) mass is 258 g/mol. The summed E-state index contributed by atoms with van der Waals surface area (Å²) >= 11 is 0. The molecule has 0 saturated heterocycles. The first-order valence-electron chi connectivity index (χ1n) is 6.36. The summed E-state index contributed by atoms with van der Waals surface area (Å²) in [6.45, 7) is 2.91. The van der Waals surface area contributed by atoms with E-state index in [0.717, 1.165) is 17.8 Å². The number of halogens is 1. The minimum atomic E-state index is -0.199. The Labute approximate surface area is 113 Å². The summed E-state index contributed by atoms with van der Waals surface area (Å²) in [6, 6.07) is 14.8. The van der Waals surface area contributed by atoms with Crippen LogP contribution >= 0.6 is 0 Å². The van der Waals surface area contributed by atoms with Gasteiger partial charge >= 0.3 is 0 Å². The molecule has 2 aromatic rings. The zero-order chi connectivity index (χ0) is 13.8. The molecule has 0 spiro atoms. The van der Waals surface area contributed by atoms with Crippen molar-refractivity contribution in [2.24, 2.45) is 0 Å². The Morgan fingerprint density at radius 1 is 1.16 bits per heavy atom. The van der Waals surface area contributed by atoms with E-state index < -0.39 is 0 Å². The molecular weight excluding hydrogens is 239 g/mol. The van der Waals surface area contributed by atoms with Crippen molar-refractivity contribution in [3.05, 3.63) is 65.5 Å². The molecule has 0 aliphatic rings. The molecule has 3 heteroatoms. The lowest BCUT2D eigenvalue weighted by Gasteiger charge is -2.25. The van der Waals surface area contributed by atoms with Gasteiger partial charge in [-0.3, -0.25) is 4.90 Å². The Balaban J connectivity index is 2.07. The lowest BCUT2D eigenvalue weighted by molar-refractivity contribution is 0.253. The third kappa shape index (κ3) is 3.55. The molecule has 2 aromatic carbocycles. The van der Waals surface area contributed by atoms with Gasteiger partial charge in [0.1, 0.15) is 5.82 Å². The second-order valence-corrected chi connectivity index (χ2v) is 4.89. The van der Waals surface area contributed by atoms with Crippen LogP contribution in [-0.2, 0) is 6.54 Å². The number of benzene rings is 2. The van der Waals surface area contributed by atoms with Gasteiger partial charge < -0.3 is 5.73 Å². The van der Waals surface area contributed by atoms with Crippen LogP contribution in [0, 0.1) is 5.82 Å². The first kappa shape index (κ1) is 13.6. The SMILES string of the molecule is CC(c1cccc(N)c1)N(C)Cc1ccc(F)cc1. The van der Waals surface area contributed by atoms with Crippen molar-refractivity contribution in [1.29, 1.82) is 0 Å². The average molecular weight is 258 g/mol. The Kier molecular flexibility index (Phi) is 4.17. The number of nitrogen functional groups attached to an aromatic ring is 1. The van der Waals surface area contributed by atoms with E-state index in [0.29, 0.717) is 0 Å². The first-order valence-corrected chi connectivity index (χ1v) is 6.36. The number of hydrogen-bond acceptors (Lipinski definition) is 2. The van der Waals surface area contributed by atoms with Gasteiger partial charge in [-0.2, -0.15) is 0 Å². The van der Waals surface area contributed by atoms with Crippen molar-refractivity contribution < 1.29 is 4.39 Å². The molecule has 0 bridgehead atoms. The lowest BCUT2D eigenvalue weighted by atomic mass is 10.1. The van der Waals surface area contributed by atoms with E-state index >= 15 is 0 Å². The molecule has 1 atom stereocenters. The van der Waals surface area contributed by atoms with E-state index in [1.165, 1.54) is 17.7 Å². The zero-order valence-electron chi connectivity index (χ0n) is 11.3. The highest BCUT2D eigenvalue weighted by molar-refractivity contribution is 5.41. The smallest absolute Gasteiger partial charge is 0.123 e. The molecule has 0 aromatic heterocycles. The van der Waals surface area contributed by atoms with Gasteiger partial charge in [0, 0.05) is 18.3 Å². The molecule has 0 amide bonds. The highest BCUT2D eigenvalue weighted by atomic mass is 19.1. The number of nitrogens with zero attached hydrogens (tertiary/aromatic N) is 1. The summed E-state index contributed by atoms with van der Waals surface area (Å²) in [6.07, 6.45) is 0. The average Bonchev–Trinajstić information content (AvgIpc) is 2.40. The molecule has 2 rings (SSSR count). The molecule has 0 radical (unpaired) electrons. The van der Waals surface area contributed by atoms with Crippen LogP contribution in [0.3, 0.4) is 0 Å². The van der Waals surface area contributed by atoms with Gasteiger partial charge in [-0.05, 0) is 49.4 Å². The molecule has 0 aliphatic carbocycles. The van der Waals surface area contributed by atoms with Crippen LogP contribution in [0.25, 0.3) is 0 Å². The van der Waals surface area contributed by atoms with E-state index in [2.05, 4.69) is 24.9 Å². The fourth-order valence-electron chi connectivity index (χ4n) is 2.09. The fourth-order valence-corrected chi connectivity index (χ4v) is 2.09. The maximum Gasteiger partial charge on any atom is 0.123 e. The second kappa shape index (κ2) is 5.85. The van der Waals surface area contributed by atoms with E-state index in [1.54, 1.807) is 0 Å². The maximum atomic E-state index is 12.9. The minimum absolute atomic E-state index is 0.199. The normalized spacial score (nSPS) is 12.6. The fraction of sp³-hybridized carbons (Fsp3) is 0.250. The summed E-state index contributed by atoms with van der Waals surface area (Å²) in [4.78, 5) is 2.21. The molecule has 1 unspecified atom stereocenters. The van der Waals surface area contributed by atoms with E-state index in [-0.39, 0.29) is 11.9 Å². The van der Waals surface area contributed by atoms with E-state index in [9.17, 15) is 4.39 Å². The summed E-state index contributed by atoms with van der Waals surface area (Å²) in [7, 11) is 2.05. The maximum absolute atomic E-state index is 12.9. The van der Waals surface area contributed by atoms with Crippen LogP contribution in [0.15, 0.2) is 48.5 Å². The third-order valence-corrected chi connectivity index (χ3v) is 3.40. The molecule has 0 saturated carbocycles. The minimum Gasteiger partial charge on any atom is -0.399 e. The molecule has 100 valence electrons. The van der Waals surface area contributed by atoms with Gasteiger partial charge in [0.15, 0.2) is 0 Å². The number of anilines is 1. The van der Waals surface area contributed by atoms with Gasteiger partial charge in [0.05, 0.1) is 0 Å². The molecule has 0 aliphatic heterocycles. The summed E-state index contributed by atoms with van der Waals surface area (Å²) in [5.74, 6) is -0.199. The quantitative estimate of drug-likeness (QED) is 0.849. The summed E-state index contributed by atoms with van der Waals surface area (Å²) in [5, 5.41) is 0. The van der Waals surface area contributed by atoms with Gasteiger partial charge in [0.2, 0.25) is 0 Å². The molecular formula is C16H19FN2. The van der Waals surface area contributed by atoms with Crippen molar-refractivity contribution in [3.8, 4) is 0 Å². The lowest BCUT2D eigenvalue weighted by Crippen LogP contribution is -2.22. The molecule has 0 fully saturated rings. The van der Waals surface area contributed by atoms with Crippen molar-refractivity contribution in [3.63, 3.8) is 0 Å². The van der Waals surface area contributed by atoms with Gasteiger partial charge in [-0.15, -0.1) is 0 Å². The Morgan fingerprint density at radius 3 is 2.47 bits per heavy atom. The van der Waals surface area contributed by atoms with Gasteiger partial charge in [-0.1, -0.05) is 24.3 Å². The standard InChI is InChI=1S/C16H19FN2/c1-12(14-4-3-5-16(18)10-14)19(2)11-13-6-8-15(17)9-7-13/h3-10,12H,11,18H2,1-2H3. The predicted molar refractivity (Wildman–Crippen MR) is 77.1 cm³/mol. The first-order chi connectivity index (χ1) is 9.06. The van der Waals surface area contributed by atoms with Gasteiger partial charge in [0.25, 0.3) is 0 Å². The van der Waals surface area contributed by atoms with Crippen molar-refractivity contribution in [1.82, 2.24) is 4.90 Å². The van der Waals surface area contributed by atoms with Crippen LogP contribution in [0.5, 0.6) is 0 Å². The molecule has 2 N–H and O–H groups in total. The summed E-state index contributed by atoms with van der Waals surface area (Å²) in [5.41, 5.74) is 8.86. The summed E-state index contributed by atoms with van der Waals surface area (Å²) < 4.78 is 12.9. The van der Waals surface area contributed by atoms with Crippen molar-refractivity contribution in [2.75, 3.05) is 12.8 Å². The van der Waals surface area contributed by atoms with E-state index in [4.69, 9.17) is 5.73 Å². The predicted octanol–water partition coefficient (Wildman–Crippen LogP) is 3.60. The van der Waals surface area contributed by atoms with Crippen molar-refractivity contribution >= 4 is 5.69 Å². The third-order valence-electron chi connectivity index (χ3n) is 3.40. The largest absolute Gasteiger partial charge is 0.399 e. The number of rotatable bonds is 4. The van der Waals surface area contributed by atoms with Crippen LogP contribution in [0.4, 0.5) is 10.1 Å². The topological polar surface area (TPSA) is 29.3 Å². The van der Waals surface area contributed by atoms with Crippen molar-refractivity contribution in [2.45, 2.75) is 19.5 Å². The van der Waals surface area contributed by atoms with Crippen LogP contribution in [0.2, 0.25) is 0 Å². The zero-order valence-corrected chi connectivity index (χ0v) is 11.3. The van der Waals surface area contributed by atoms with Crippen LogP contribution < -0.4 is 5.73 Å². The molecule has 0 heterocycles. The van der Waals surface area contributed by atoms with Crippen LogP contribution in [-0.4, -0.2) is 11.9 Å².